The highest BCUT2D eigenvalue weighted by molar-refractivity contribution is 5.02. The summed E-state index contributed by atoms with van der Waals surface area (Å²) in [6.45, 7) is 6.45. The van der Waals surface area contributed by atoms with Crippen molar-refractivity contribution in [1.29, 1.82) is 0 Å². The molecule has 0 bridgehead atoms. The van der Waals surface area contributed by atoms with E-state index in [1.165, 1.54) is 18.4 Å². The maximum Gasteiger partial charge on any atom is -0.0133 e. The molecule has 0 atom stereocenters. The third kappa shape index (κ3) is 9.48. The van der Waals surface area contributed by atoms with Crippen LogP contribution >= 0.6 is 0 Å². The summed E-state index contributed by atoms with van der Waals surface area (Å²) in [7, 11) is 0. The van der Waals surface area contributed by atoms with Crippen LogP contribution in [0, 0.1) is 6.42 Å². The third-order valence-electron chi connectivity index (χ3n) is 1.39. The third-order valence-corrected chi connectivity index (χ3v) is 1.39. The molecule has 0 rings (SSSR count). The Bertz CT molecular complexity index is 125. The van der Waals surface area contributed by atoms with Gasteiger partial charge in [-0.05, 0) is 33.1 Å². The normalized spacial score (nSPS) is 10.5. The largest absolute Gasteiger partial charge is 0.0882 e. The zero-order valence-corrected chi connectivity index (χ0v) is 7.93. The molecule has 11 heavy (non-hydrogen) atoms. The molecule has 0 unspecified atom stereocenters. The molecule has 0 saturated heterocycles. The molecule has 0 aliphatic carbocycles. The second-order valence-corrected chi connectivity index (χ2v) is 2.97. The van der Waals surface area contributed by atoms with Crippen LogP contribution in [0.4, 0.5) is 0 Å². The van der Waals surface area contributed by atoms with Crippen LogP contribution in [0.1, 0.15) is 40.0 Å². The number of allylic oxidation sites excluding steroid dienone is 4. The summed E-state index contributed by atoms with van der Waals surface area (Å²) in [4.78, 5) is 0. The summed E-state index contributed by atoms with van der Waals surface area (Å²) >= 11 is 0. The molecule has 63 valence electrons. The number of rotatable bonds is 5. The van der Waals surface area contributed by atoms with Crippen molar-refractivity contribution in [3.63, 3.8) is 0 Å². The van der Waals surface area contributed by atoms with E-state index in [0.29, 0.717) is 0 Å². The monoisotopic (exact) mass is 151 g/mol. The van der Waals surface area contributed by atoms with Gasteiger partial charge < -0.3 is 0 Å². The molecule has 0 heteroatoms. The SMILES string of the molecule is CCC/C=C/[CH]CC=C(C)C. The van der Waals surface area contributed by atoms with Crippen molar-refractivity contribution >= 4 is 0 Å². The minimum Gasteiger partial charge on any atom is -0.0882 e. The summed E-state index contributed by atoms with van der Waals surface area (Å²) in [5.74, 6) is 0. The molecule has 0 aliphatic rings. The topological polar surface area (TPSA) is 0 Å². The zero-order valence-electron chi connectivity index (χ0n) is 7.93. The van der Waals surface area contributed by atoms with Crippen molar-refractivity contribution in [3.05, 3.63) is 30.2 Å². The Morgan fingerprint density at radius 2 is 2.00 bits per heavy atom. The van der Waals surface area contributed by atoms with Crippen molar-refractivity contribution in [3.8, 4) is 0 Å². The van der Waals surface area contributed by atoms with Gasteiger partial charge in [-0.3, -0.25) is 0 Å². The quantitative estimate of drug-likeness (QED) is 0.413. The van der Waals surface area contributed by atoms with Gasteiger partial charge in [0.1, 0.15) is 0 Å². The minimum absolute atomic E-state index is 1.07. The fourth-order valence-electron chi connectivity index (χ4n) is 0.741. The van der Waals surface area contributed by atoms with E-state index < -0.39 is 0 Å². The van der Waals surface area contributed by atoms with E-state index in [0.717, 1.165) is 6.42 Å². The molecule has 0 aliphatic heterocycles. The molecule has 0 spiro atoms. The molecule has 1 radical (unpaired) electrons. The lowest BCUT2D eigenvalue weighted by Crippen LogP contribution is -1.69. The molecular weight excluding hydrogens is 132 g/mol. The Hall–Kier alpha value is -0.520. The summed E-state index contributed by atoms with van der Waals surface area (Å²) in [6.07, 6.45) is 12.3. The van der Waals surface area contributed by atoms with E-state index in [1.807, 2.05) is 0 Å². The molecule has 0 heterocycles. The fraction of sp³-hybridized carbons (Fsp3) is 0.545. The van der Waals surface area contributed by atoms with Gasteiger partial charge in [-0.15, -0.1) is 0 Å². The molecule has 0 saturated carbocycles. The highest BCUT2D eigenvalue weighted by Gasteiger charge is 1.78. The summed E-state index contributed by atoms with van der Waals surface area (Å²) in [5.41, 5.74) is 1.39. The fourth-order valence-corrected chi connectivity index (χ4v) is 0.741. The number of unbranched alkanes of at least 4 members (excludes halogenated alkanes) is 2. The van der Waals surface area contributed by atoms with E-state index >= 15 is 0 Å². The maximum atomic E-state index is 2.23. The Morgan fingerprint density at radius 1 is 1.27 bits per heavy atom. The van der Waals surface area contributed by atoms with Gasteiger partial charge in [0.05, 0.1) is 0 Å². The lowest BCUT2D eigenvalue weighted by molar-refractivity contribution is 0.956. The number of hydrogen-bond acceptors (Lipinski definition) is 0. The van der Waals surface area contributed by atoms with Gasteiger partial charge in [0.15, 0.2) is 0 Å². The zero-order chi connectivity index (χ0) is 8.53. The summed E-state index contributed by atoms with van der Waals surface area (Å²) in [5, 5.41) is 0. The smallest absolute Gasteiger partial charge is 0.0133 e. The molecular formula is C11H19. The standard InChI is InChI=1S/C11H19/c1-4-5-6-7-8-9-10-11(2)3/h6-8,10H,4-5,9H2,1-3H3/b7-6+. The van der Waals surface area contributed by atoms with Gasteiger partial charge in [-0.1, -0.05) is 37.1 Å². The Kier molecular flexibility index (Phi) is 7.23. The Morgan fingerprint density at radius 3 is 2.55 bits per heavy atom. The van der Waals surface area contributed by atoms with E-state index in [4.69, 9.17) is 0 Å². The van der Waals surface area contributed by atoms with Gasteiger partial charge in [0.2, 0.25) is 0 Å². The summed E-state index contributed by atoms with van der Waals surface area (Å²) < 4.78 is 0. The van der Waals surface area contributed by atoms with Crippen molar-refractivity contribution in [2.24, 2.45) is 0 Å². The maximum absolute atomic E-state index is 2.23. The predicted octanol–water partition coefficient (Wildman–Crippen LogP) is 3.90. The van der Waals surface area contributed by atoms with Crippen LogP contribution in [-0.4, -0.2) is 0 Å². The van der Waals surface area contributed by atoms with E-state index in [2.05, 4.69) is 45.4 Å². The molecule has 0 aromatic heterocycles. The highest BCUT2D eigenvalue weighted by Crippen LogP contribution is 1.98. The van der Waals surface area contributed by atoms with Gasteiger partial charge in [0, 0.05) is 0 Å². The van der Waals surface area contributed by atoms with Crippen LogP contribution in [0.15, 0.2) is 23.8 Å². The predicted molar refractivity (Wildman–Crippen MR) is 52.4 cm³/mol. The van der Waals surface area contributed by atoms with Crippen molar-refractivity contribution in [2.75, 3.05) is 0 Å². The number of hydrogen-bond donors (Lipinski definition) is 0. The summed E-state index contributed by atoms with van der Waals surface area (Å²) in [6, 6.07) is 0. The average molecular weight is 151 g/mol. The van der Waals surface area contributed by atoms with E-state index in [9.17, 15) is 0 Å². The van der Waals surface area contributed by atoms with Crippen LogP contribution in [0.3, 0.4) is 0 Å². The molecule has 0 aromatic carbocycles. The van der Waals surface area contributed by atoms with Crippen molar-refractivity contribution < 1.29 is 0 Å². The Labute approximate surface area is 71.0 Å². The van der Waals surface area contributed by atoms with Crippen molar-refractivity contribution in [2.45, 2.75) is 40.0 Å². The van der Waals surface area contributed by atoms with Crippen molar-refractivity contribution in [1.82, 2.24) is 0 Å². The molecule has 0 amide bonds. The van der Waals surface area contributed by atoms with Gasteiger partial charge >= 0.3 is 0 Å². The molecule has 0 nitrogen and oxygen atoms in total. The first-order valence-corrected chi connectivity index (χ1v) is 4.39. The van der Waals surface area contributed by atoms with Gasteiger partial charge in [0.25, 0.3) is 0 Å². The minimum atomic E-state index is 1.07. The first-order chi connectivity index (χ1) is 5.27. The lowest BCUT2D eigenvalue weighted by atomic mass is 10.2. The Balaban J connectivity index is 3.20. The second-order valence-electron chi connectivity index (χ2n) is 2.97. The lowest BCUT2D eigenvalue weighted by Gasteiger charge is -1.88. The van der Waals surface area contributed by atoms with Crippen LogP contribution in [0.2, 0.25) is 0 Å². The molecule has 0 fully saturated rings. The van der Waals surface area contributed by atoms with Crippen LogP contribution < -0.4 is 0 Å². The molecule has 0 aromatic rings. The molecule has 0 N–H and O–H groups in total. The van der Waals surface area contributed by atoms with Crippen LogP contribution in [-0.2, 0) is 0 Å². The first kappa shape index (κ1) is 10.5. The second kappa shape index (κ2) is 7.59. The van der Waals surface area contributed by atoms with E-state index in [-0.39, 0.29) is 0 Å². The van der Waals surface area contributed by atoms with Crippen LogP contribution in [0.5, 0.6) is 0 Å². The highest BCUT2D eigenvalue weighted by atomic mass is 13.8. The average Bonchev–Trinajstić information content (AvgIpc) is 1.96. The first-order valence-electron chi connectivity index (χ1n) is 4.39. The van der Waals surface area contributed by atoms with Gasteiger partial charge in [-0.2, -0.15) is 0 Å². The van der Waals surface area contributed by atoms with E-state index in [1.54, 1.807) is 0 Å². The van der Waals surface area contributed by atoms with Crippen LogP contribution in [0.25, 0.3) is 0 Å². The van der Waals surface area contributed by atoms with Gasteiger partial charge in [-0.25, -0.2) is 0 Å².